The third kappa shape index (κ3) is 7.76. The van der Waals surface area contributed by atoms with Gasteiger partial charge in [0.2, 0.25) is 17.7 Å². The second-order valence-electron chi connectivity index (χ2n) is 7.23. The fourth-order valence-electron chi connectivity index (χ4n) is 2.98. The van der Waals surface area contributed by atoms with Gasteiger partial charge in [-0.3, -0.25) is 19.3 Å². The lowest BCUT2D eigenvalue weighted by molar-refractivity contribution is -0.137. The van der Waals surface area contributed by atoms with Gasteiger partial charge in [0.15, 0.2) is 0 Å². The van der Waals surface area contributed by atoms with Crippen molar-refractivity contribution in [2.24, 2.45) is 0 Å². The maximum Gasteiger partial charge on any atom is 0.417 e. The Morgan fingerprint density at radius 1 is 0.970 bits per heavy atom. The lowest BCUT2D eigenvalue weighted by atomic mass is 10.1. The molecule has 0 bridgehead atoms. The topological polar surface area (TPSA) is 90.5 Å². The largest absolute Gasteiger partial charge is 0.417 e. The van der Waals surface area contributed by atoms with Gasteiger partial charge < -0.3 is 16.0 Å². The number of halogens is 4. The summed E-state index contributed by atoms with van der Waals surface area (Å²) in [4.78, 5) is 37.7. The predicted molar refractivity (Wildman–Crippen MR) is 121 cm³/mol. The number of likely N-dealkylation sites (N-methyl/N-ethyl adjacent to an activating group) is 1. The second kappa shape index (κ2) is 11.2. The van der Waals surface area contributed by atoms with Crippen molar-refractivity contribution >= 4 is 46.4 Å². The van der Waals surface area contributed by atoms with Crippen molar-refractivity contribution in [3.05, 3.63) is 53.1 Å². The van der Waals surface area contributed by atoms with Crippen molar-refractivity contribution in [1.29, 1.82) is 0 Å². The molecule has 0 aromatic heterocycles. The SMILES string of the molecule is CCN(CC(=O)Nc1ccc(NC(C)=O)cc1)C(C)C(=O)Nc1ccc(Cl)c(C(F)(F)F)c1. The van der Waals surface area contributed by atoms with Crippen molar-refractivity contribution in [3.8, 4) is 0 Å². The number of carbonyl (C=O) groups excluding carboxylic acids is 3. The Bertz CT molecular complexity index is 1010. The summed E-state index contributed by atoms with van der Waals surface area (Å²) in [5, 5.41) is 7.28. The van der Waals surface area contributed by atoms with Crippen LogP contribution in [0.5, 0.6) is 0 Å². The minimum atomic E-state index is -4.66. The zero-order valence-electron chi connectivity index (χ0n) is 18.2. The van der Waals surface area contributed by atoms with E-state index in [1.165, 1.54) is 13.0 Å². The standard InChI is InChI=1S/C22H24ClF3N4O3/c1-4-30(12-20(32)28-16-7-5-15(6-8-16)27-14(3)31)13(2)21(33)29-17-9-10-19(23)18(11-17)22(24,25)26/h5-11,13H,4,12H2,1-3H3,(H,27,31)(H,28,32)(H,29,33). The van der Waals surface area contributed by atoms with Gasteiger partial charge in [0.1, 0.15) is 0 Å². The zero-order chi connectivity index (χ0) is 24.8. The molecule has 2 rings (SSSR count). The van der Waals surface area contributed by atoms with Crippen LogP contribution in [0.3, 0.4) is 0 Å². The normalized spacial score (nSPS) is 12.2. The Labute approximate surface area is 194 Å². The van der Waals surface area contributed by atoms with Gasteiger partial charge in [-0.25, -0.2) is 0 Å². The first-order valence-electron chi connectivity index (χ1n) is 10.00. The molecule has 0 aliphatic rings. The summed E-state index contributed by atoms with van der Waals surface area (Å²) >= 11 is 5.60. The minimum absolute atomic E-state index is 0.0525. The quantitative estimate of drug-likeness (QED) is 0.510. The predicted octanol–water partition coefficient (Wildman–Crippen LogP) is 4.60. The fraction of sp³-hybridized carbons (Fsp3) is 0.318. The molecule has 1 atom stereocenters. The molecule has 0 radical (unpaired) electrons. The summed E-state index contributed by atoms with van der Waals surface area (Å²) < 4.78 is 39.1. The first-order chi connectivity index (χ1) is 15.4. The van der Waals surface area contributed by atoms with E-state index in [-0.39, 0.29) is 24.0 Å². The molecule has 0 spiro atoms. The molecule has 3 N–H and O–H groups in total. The van der Waals surface area contributed by atoms with Crippen LogP contribution < -0.4 is 16.0 Å². The lowest BCUT2D eigenvalue weighted by Crippen LogP contribution is -2.45. The Kier molecular flexibility index (Phi) is 8.84. The van der Waals surface area contributed by atoms with E-state index in [1.807, 2.05) is 0 Å². The third-order valence-corrected chi connectivity index (χ3v) is 5.04. The van der Waals surface area contributed by atoms with E-state index in [2.05, 4.69) is 16.0 Å². The molecule has 0 fully saturated rings. The molecule has 0 saturated heterocycles. The number of carbonyl (C=O) groups is 3. The summed E-state index contributed by atoms with van der Waals surface area (Å²) in [6.45, 7) is 4.91. The maximum atomic E-state index is 13.0. The highest BCUT2D eigenvalue weighted by atomic mass is 35.5. The van der Waals surface area contributed by atoms with E-state index in [1.54, 1.807) is 43.0 Å². The van der Waals surface area contributed by atoms with Crippen molar-refractivity contribution in [2.45, 2.75) is 33.0 Å². The first-order valence-corrected chi connectivity index (χ1v) is 10.4. The molecule has 0 heterocycles. The van der Waals surface area contributed by atoms with Crippen molar-refractivity contribution in [1.82, 2.24) is 4.90 Å². The number of benzene rings is 2. The number of hydrogen-bond donors (Lipinski definition) is 3. The molecule has 11 heteroatoms. The van der Waals surface area contributed by atoms with Gasteiger partial charge in [-0.2, -0.15) is 13.2 Å². The van der Waals surface area contributed by atoms with E-state index in [9.17, 15) is 27.6 Å². The number of anilines is 3. The molecule has 0 saturated carbocycles. The highest BCUT2D eigenvalue weighted by molar-refractivity contribution is 6.31. The van der Waals surface area contributed by atoms with Gasteiger partial charge in [0.25, 0.3) is 0 Å². The molecule has 33 heavy (non-hydrogen) atoms. The van der Waals surface area contributed by atoms with E-state index < -0.39 is 28.7 Å². The molecule has 178 valence electrons. The van der Waals surface area contributed by atoms with Crippen LogP contribution in [0.4, 0.5) is 30.2 Å². The van der Waals surface area contributed by atoms with Gasteiger partial charge >= 0.3 is 6.18 Å². The second-order valence-corrected chi connectivity index (χ2v) is 7.63. The molecule has 1 unspecified atom stereocenters. The smallest absolute Gasteiger partial charge is 0.326 e. The summed E-state index contributed by atoms with van der Waals surface area (Å²) in [5.41, 5.74) is -0.0193. The number of nitrogens with zero attached hydrogens (tertiary/aromatic N) is 1. The van der Waals surface area contributed by atoms with Crippen molar-refractivity contribution in [2.75, 3.05) is 29.0 Å². The maximum absolute atomic E-state index is 13.0. The molecule has 3 amide bonds. The monoisotopic (exact) mass is 484 g/mol. The van der Waals surface area contributed by atoms with Crippen molar-refractivity contribution in [3.63, 3.8) is 0 Å². The Balaban J connectivity index is 1.99. The Hall–Kier alpha value is -3.11. The van der Waals surface area contributed by atoms with Gasteiger partial charge in [-0.1, -0.05) is 18.5 Å². The van der Waals surface area contributed by atoms with Crippen LogP contribution in [0, 0.1) is 0 Å². The summed E-state index contributed by atoms with van der Waals surface area (Å²) in [6, 6.07) is 8.80. The molecular formula is C22H24ClF3N4O3. The van der Waals surface area contributed by atoms with Crippen LogP contribution in [0.15, 0.2) is 42.5 Å². The number of nitrogens with one attached hydrogen (secondary N) is 3. The Morgan fingerprint density at radius 2 is 1.52 bits per heavy atom. The van der Waals surface area contributed by atoms with Gasteiger partial charge in [-0.15, -0.1) is 0 Å². The average Bonchev–Trinajstić information content (AvgIpc) is 2.73. The van der Waals surface area contributed by atoms with E-state index >= 15 is 0 Å². The number of alkyl halides is 3. The summed E-state index contributed by atoms with van der Waals surface area (Å²) in [7, 11) is 0. The van der Waals surface area contributed by atoms with E-state index in [0.717, 1.165) is 12.1 Å². The average molecular weight is 485 g/mol. The van der Waals surface area contributed by atoms with Crippen LogP contribution in [0.1, 0.15) is 26.3 Å². The molecule has 0 aliphatic heterocycles. The van der Waals surface area contributed by atoms with Crippen LogP contribution >= 0.6 is 11.6 Å². The summed E-state index contributed by atoms with van der Waals surface area (Å²) in [5.74, 6) is -1.17. The van der Waals surface area contributed by atoms with Crippen LogP contribution in [0.25, 0.3) is 0 Å². The molecule has 2 aromatic rings. The fourth-order valence-corrected chi connectivity index (χ4v) is 3.21. The third-order valence-electron chi connectivity index (χ3n) is 4.71. The van der Waals surface area contributed by atoms with E-state index in [4.69, 9.17) is 11.6 Å². The van der Waals surface area contributed by atoms with Crippen LogP contribution in [-0.4, -0.2) is 41.8 Å². The lowest BCUT2D eigenvalue weighted by Gasteiger charge is -2.26. The van der Waals surface area contributed by atoms with Gasteiger partial charge in [0, 0.05) is 24.0 Å². The highest BCUT2D eigenvalue weighted by Gasteiger charge is 2.33. The van der Waals surface area contributed by atoms with Gasteiger partial charge in [0.05, 0.1) is 23.2 Å². The number of rotatable bonds is 8. The molecule has 7 nitrogen and oxygen atoms in total. The molecule has 0 aliphatic carbocycles. The number of amides is 3. The van der Waals surface area contributed by atoms with Crippen LogP contribution in [-0.2, 0) is 20.6 Å². The minimum Gasteiger partial charge on any atom is -0.326 e. The Morgan fingerprint density at radius 3 is 2.03 bits per heavy atom. The molecular weight excluding hydrogens is 461 g/mol. The summed E-state index contributed by atoms with van der Waals surface area (Å²) in [6.07, 6.45) is -4.66. The zero-order valence-corrected chi connectivity index (χ0v) is 19.0. The van der Waals surface area contributed by atoms with Crippen molar-refractivity contribution < 1.29 is 27.6 Å². The first kappa shape index (κ1) is 26.1. The van der Waals surface area contributed by atoms with Crippen LogP contribution in [0.2, 0.25) is 5.02 Å². The van der Waals surface area contributed by atoms with Gasteiger partial charge in [-0.05, 0) is 55.9 Å². The number of hydrogen-bond acceptors (Lipinski definition) is 4. The van der Waals surface area contributed by atoms with E-state index in [0.29, 0.717) is 17.9 Å². The highest BCUT2D eigenvalue weighted by Crippen LogP contribution is 2.36. The molecule has 2 aromatic carbocycles.